The number of fused-ring (bicyclic) bond motifs is 1. The molecule has 1 saturated heterocycles. The monoisotopic (exact) mass is 374 g/mol. The summed E-state index contributed by atoms with van der Waals surface area (Å²) < 4.78 is 5.94. The molecule has 5 rings (SSSR count). The molecular formula is C20H18N6O2. The maximum absolute atomic E-state index is 13.3. The van der Waals surface area contributed by atoms with Crippen molar-refractivity contribution < 1.29 is 9.21 Å². The first-order chi connectivity index (χ1) is 13.8. The highest BCUT2D eigenvalue weighted by Gasteiger charge is 2.30. The number of oxazole rings is 1. The molecule has 2 aromatic carbocycles. The molecule has 0 aliphatic carbocycles. The fourth-order valence-corrected chi connectivity index (χ4v) is 3.74. The van der Waals surface area contributed by atoms with Gasteiger partial charge < -0.3 is 9.32 Å². The third-order valence-electron chi connectivity index (χ3n) is 5.11. The van der Waals surface area contributed by atoms with Crippen molar-refractivity contribution in [1.82, 2.24) is 30.5 Å². The largest absolute Gasteiger partial charge is 0.440 e. The molecule has 1 atom stereocenters. The Labute approximate surface area is 160 Å². The third-order valence-corrected chi connectivity index (χ3v) is 5.11. The number of nitrogens with one attached hydrogen (secondary N) is 1. The number of amides is 1. The number of benzene rings is 2. The number of rotatable bonds is 3. The number of aromatic amines is 1. The lowest BCUT2D eigenvalue weighted by atomic mass is 9.96. The van der Waals surface area contributed by atoms with Crippen molar-refractivity contribution in [1.29, 1.82) is 0 Å². The smallest absolute Gasteiger partial charge is 0.254 e. The number of aromatic nitrogens is 5. The molecule has 0 bridgehead atoms. The van der Waals surface area contributed by atoms with E-state index in [0.29, 0.717) is 35.9 Å². The molecule has 0 spiro atoms. The lowest BCUT2D eigenvalue weighted by Crippen LogP contribution is -2.39. The van der Waals surface area contributed by atoms with E-state index in [0.717, 1.165) is 23.9 Å². The minimum absolute atomic E-state index is 0.0405. The zero-order chi connectivity index (χ0) is 18.9. The standard InChI is InChI=1S/C20H18N6O2/c27-20(15-8-2-1-7-14(15)18-22-24-25-23-18)26-11-5-6-13(12-26)19-21-16-9-3-4-10-17(16)28-19/h1-4,7-10,13H,5-6,11-12H2,(H,22,23,24,25). The highest BCUT2D eigenvalue weighted by atomic mass is 16.3. The topological polar surface area (TPSA) is 101 Å². The van der Waals surface area contributed by atoms with Gasteiger partial charge in [0.2, 0.25) is 5.82 Å². The Balaban J connectivity index is 1.42. The normalized spacial score (nSPS) is 17.1. The molecule has 0 saturated carbocycles. The first-order valence-corrected chi connectivity index (χ1v) is 9.27. The number of carbonyl (C=O) groups is 1. The molecular weight excluding hydrogens is 356 g/mol. The van der Waals surface area contributed by atoms with Crippen molar-refractivity contribution in [2.45, 2.75) is 18.8 Å². The fourth-order valence-electron chi connectivity index (χ4n) is 3.74. The first kappa shape index (κ1) is 16.6. The number of likely N-dealkylation sites (tertiary alicyclic amines) is 1. The number of carbonyl (C=O) groups excluding carboxylic acids is 1. The Bertz CT molecular complexity index is 1090. The van der Waals surface area contributed by atoms with Crippen LogP contribution in [-0.4, -0.2) is 49.5 Å². The summed E-state index contributed by atoms with van der Waals surface area (Å²) in [5.41, 5.74) is 2.87. The molecule has 1 aliphatic heterocycles. The van der Waals surface area contributed by atoms with E-state index in [1.165, 1.54) is 0 Å². The van der Waals surface area contributed by atoms with E-state index in [9.17, 15) is 4.79 Å². The van der Waals surface area contributed by atoms with Gasteiger partial charge in [-0.15, -0.1) is 10.2 Å². The fraction of sp³-hybridized carbons (Fsp3) is 0.250. The van der Waals surface area contributed by atoms with Gasteiger partial charge in [-0.1, -0.05) is 30.3 Å². The van der Waals surface area contributed by atoms with Crippen LogP contribution in [0.5, 0.6) is 0 Å². The Kier molecular flexibility index (Phi) is 4.08. The van der Waals surface area contributed by atoms with Gasteiger partial charge in [-0.05, 0) is 36.3 Å². The number of para-hydroxylation sites is 2. The van der Waals surface area contributed by atoms with Gasteiger partial charge in [0.05, 0.1) is 11.5 Å². The molecule has 140 valence electrons. The van der Waals surface area contributed by atoms with E-state index in [1.54, 1.807) is 6.07 Å². The van der Waals surface area contributed by atoms with Gasteiger partial charge in [0, 0.05) is 18.7 Å². The van der Waals surface area contributed by atoms with Gasteiger partial charge in [-0.3, -0.25) is 4.79 Å². The van der Waals surface area contributed by atoms with E-state index < -0.39 is 0 Å². The van der Waals surface area contributed by atoms with E-state index in [4.69, 9.17) is 4.42 Å². The summed E-state index contributed by atoms with van der Waals surface area (Å²) in [7, 11) is 0. The Morgan fingerprint density at radius 1 is 1.14 bits per heavy atom. The van der Waals surface area contributed by atoms with Crippen LogP contribution in [-0.2, 0) is 0 Å². The minimum atomic E-state index is -0.0405. The lowest BCUT2D eigenvalue weighted by molar-refractivity contribution is 0.0699. The van der Waals surface area contributed by atoms with Gasteiger partial charge in [-0.2, -0.15) is 5.21 Å². The maximum Gasteiger partial charge on any atom is 0.254 e. The summed E-state index contributed by atoms with van der Waals surface area (Å²) in [6.45, 7) is 1.28. The summed E-state index contributed by atoms with van der Waals surface area (Å²) in [5, 5.41) is 14.1. The van der Waals surface area contributed by atoms with Crippen molar-refractivity contribution in [3.63, 3.8) is 0 Å². The van der Waals surface area contributed by atoms with E-state index in [-0.39, 0.29) is 11.8 Å². The van der Waals surface area contributed by atoms with Crippen LogP contribution in [0, 0.1) is 0 Å². The summed E-state index contributed by atoms with van der Waals surface area (Å²) in [6.07, 6.45) is 1.85. The number of tetrazole rings is 1. The second-order valence-corrected chi connectivity index (χ2v) is 6.89. The molecule has 2 aromatic heterocycles. The molecule has 1 fully saturated rings. The van der Waals surface area contributed by atoms with Crippen LogP contribution in [0.25, 0.3) is 22.5 Å². The van der Waals surface area contributed by atoms with Crippen molar-refractivity contribution in [3.8, 4) is 11.4 Å². The van der Waals surface area contributed by atoms with Crippen molar-refractivity contribution in [2.24, 2.45) is 0 Å². The van der Waals surface area contributed by atoms with Gasteiger partial charge in [0.25, 0.3) is 5.91 Å². The van der Waals surface area contributed by atoms with Crippen LogP contribution in [0.2, 0.25) is 0 Å². The van der Waals surface area contributed by atoms with Crippen LogP contribution < -0.4 is 0 Å². The highest BCUT2D eigenvalue weighted by Crippen LogP contribution is 2.30. The van der Waals surface area contributed by atoms with Crippen LogP contribution in [0.15, 0.2) is 52.9 Å². The summed E-state index contributed by atoms with van der Waals surface area (Å²) in [6, 6.07) is 15.1. The van der Waals surface area contributed by atoms with E-state index in [2.05, 4.69) is 25.6 Å². The average Bonchev–Trinajstić information content (AvgIpc) is 3.43. The quantitative estimate of drug-likeness (QED) is 0.591. The molecule has 1 unspecified atom stereocenters. The number of hydrogen-bond acceptors (Lipinski definition) is 6. The summed E-state index contributed by atoms with van der Waals surface area (Å²) in [4.78, 5) is 19.7. The maximum atomic E-state index is 13.3. The van der Waals surface area contributed by atoms with Crippen LogP contribution in [0.4, 0.5) is 0 Å². The summed E-state index contributed by atoms with van der Waals surface area (Å²) in [5.74, 6) is 1.16. The zero-order valence-corrected chi connectivity index (χ0v) is 15.1. The molecule has 8 heteroatoms. The predicted molar refractivity (Wildman–Crippen MR) is 102 cm³/mol. The first-order valence-electron chi connectivity index (χ1n) is 9.27. The SMILES string of the molecule is O=C(c1ccccc1-c1nn[nH]n1)N1CCCC(c2nc3ccccc3o2)C1. The van der Waals surface area contributed by atoms with Crippen LogP contribution >= 0.6 is 0 Å². The second kappa shape index (κ2) is 6.88. The second-order valence-electron chi connectivity index (χ2n) is 6.89. The highest BCUT2D eigenvalue weighted by molar-refractivity contribution is 6.00. The molecule has 0 radical (unpaired) electrons. The lowest BCUT2D eigenvalue weighted by Gasteiger charge is -2.31. The molecule has 8 nitrogen and oxygen atoms in total. The predicted octanol–water partition coefficient (Wildman–Crippen LogP) is 3.03. The van der Waals surface area contributed by atoms with Crippen molar-refractivity contribution in [2.75, 3.05) is 13.1 Å². The van der Waals surface area contributed by atoms with Gasteiger partial charge >= 0.3 is 0 Å². The summed E-state index contributed by atoms with van der Waals surface area (Å²) >= 11 is 0. The Morgan fingerprint density at radius 3 is 2.86 bits per heavy atom. The Hall–Kier alpha value is -3.55. The zero-order valence-electron chi connectivity index (χ0n) is 15.1. The number of hydrogen-bond donors (Lipinski definition) is 1. The van der Waals surface area contributed by atoms with Crippen LogP contribution in [0.3, 0.4) is 0 Å². The minimum Gasteiger partial charge on any atom is -0.440 e. The molecule has 28 heavy (non-hydrogen) atoms. The molecule has 1 N–H and O–H groups in total. The molecule has 1 aliphatic rings. The molecule has 4 aromatic rings. The Morgan fingerprint density at radius 2 is 2.00 bits per heavy atom. The van der Waals surface area contributed by atoms with E-state index >= 15 is 0 Å². The number of piperidine rings is 1. The average molecular weight is 374 g/mol. The number of H-pyrrole nitrogens is 1. The van der Waals surface area contributed by atoms with Crippen molar-refractivity contribution in [3.05, 3.63) is 60.0 Å². The van der Waals surface area contributed by atoms with Gasteiger partial charge in [-0.25, -0.2) is 4.98 Å². The van der Waals surface area contributed by atoms with E-state index in [1.807, 2.05) is 47.4 Å². The number of nitrogens with zero attached hydrogens (tertiary/aromatic N) is 5. The third kappa shape index (κ3) is 2.92. The van der Waals surface area contributed by atoms with Gasteiger partial charge in [0.1, 0.15) is 5.52 Å². The van der Waals surface area contributed by atoms with Crippen LogP contribution in [0.1, 0.15) is 35.0 Å². The van der Waals surface area contributed by atoms with Crippen molar-refractivity contribution >= 4 is 17.0 Å². The van der Waals surface area contributed by atoms with Gasteiger partial charge in [0.15, 0.2) is 11.5 Å². The molecule has 3 heterocycles. The molecule has 1 amide bonds.